The molecule has 0 aliphatic carbocycles. The number of carbonyl (C=O) groups is 2. The number of nitrogens with zero attached hydrogens (tertiary/aromatic N) is 1. The van der Waals surface area contributed by atoms with Gasteiger partial charge in [0.2, 0.25) is 5.91 Å². The second-order valence-electron chi connectivity index (χ2n) is 7.96. The molecule has 0 bridgehead atoms. The van der Waals surface area contributed by atoms with Gasteiger partial charge in [-0.05, 0) is 54.0 Å². The minimum atomic E-state index is -0.550. The molecule has 0 saturated carbocycles. The Bertz CT molecular complexity index is 434. The molecule has 1 aliphatic rings. The van der Waals surface area contributed by atoms with Gasteiger partial charge in [0.1, 0.15) is 11.6 Å². The molecule has 2 amide bonds. The summed E-state index contributed by atoms with van der Waals surface area (Å²) in [6.45, 7) is 10.9. The van der Waals surface area contributed by atoms with E-state index in [0.717, 1.165) is 25.7 Å². The number of rotatable bonds is 7. The van der Waals surface area contributed by atoms with E-state index in [-0.39, 0.29) is 11.4 Å². The third-order valence-corrected chi connectivity index (χ3v) is 4.52. The normalized spacial score (nSPS) is 20.6. The third kappa shape index (κ3) is 6.30. The molecule has 0 spiro atoms. The van der Waals surface area contributed by atoms with Crippen LogP contribution in [0.2, 0.25) is 0 Å². The zero-order valence-corrected chi connectivity index (χ0v) is 16.2. The highest BCUT2D eigenvalue weighted by Gasteiger charge is 2.37. The zero-order chi connectivity index (χ0) is 18.4. The second-order valence-corrected chi connectivity index (χ2v) is 7.96. The van der Waals surface area contributed by atoms with Crippen LogP contribution in [0.3, 0.4) is 0 Å². The molecule has 0 aromatic rings. The number of ether oxygens (including phenoxy) is 1. The lowest BCUT2D eigenvalue weighted by atomic mass is 9.95. The summed E-state index contributed by atoms with van der Waals surface area (Å²) < 4.78 is 5.42. The Balaban J connectivity index is 2.61. The van der Waals surface area contributed by atoms with Crippen molar-refractivity contribution in [3.63, 3.8) is 0 Å². The first-order valence-electron chi connectivity index (χ1n) is 9.08. The first kappa shape index (κ1) is 20.7. The lowest BCUT2D eigenvalue weighted by Gasteiger charge is -2.31. The lowest BCUT2D eigenvalue weighted by Crippen LogP contribution is -2.54. The van der Waals surface area contributed by atoms with Crippen molar-refractivity contribution in [2.45, 2.75) is 83.9 Å². The van der Waals surface area contributed by atoms with Crippen LogP contribution in [0, 0.1) is 0 Å². The highest BCUT2D eigenvalue weighted by Crippen LogP contribution is 2.21. The molecule has 0 aromatic carbocycles. The summed E-state index contributed by atoms with van der Waals surface area (Å²) in [6.07, 6.45) is 4.36. The molecule has 0 radical (unpaired) electrons. The van der Waals surface area contributed by atoms with E-state index in [1.54, 1.807) is 4.90 Å². The molecular formula is C18H35N3O3. The molecule has 24 heavy (non-hydrogen) atoms. The fourth-order valence-electron chi connectivity index (χ4n) is 2.85. The van der Waals surface area contributed by atoms with Crippen molar-refractivity contribution in [1.29, 1.82) is 0 Å². The SMILES string of the molecule is CCCCC(C)(CNC(=O)[C@@H]1CCCN1C(=O)OC(C)(C)C)NC. The van der Waals surface area contributed by atoms with Gasteiger partial charge in [0.05, 0.1) is 0 Å². The summed E-state index contributed by atoms with van der Waals surface area (Å²) in [5.74, 6) is -0.0867. The highest BCUT2D eigenvalue weighted by atomic mass is 16.6. The van der Waals surface area contributed by atoms with Crippen LogP contribution in [0.25, 0.3) is 0 Å². The summed E-state index contributed by atoms with van der Waals surface area (Å²) in [5, 5.41) is 6.33. The van der Waals surface area contributed by atoms with Crippen molar-refractivity contribution in [1.82, 2.24) is 15.5 Å². The van der Waals surface area contributed by atoms with Gasteiger partial charge in [0, 0.05) is 18.6 Å². The van der Waals surface area contributed by atoms with E-state index in [2.05, 4.69) is 24.5 Å². The van der Waals surface area contributed by atoms with Crippen molar-refractivity contribution in [2.75, 3.05) is 20.1 Å². The van der Waals surface area contributed by atoms with E-state index in [9.17, 15) is 9.59 Å². The van der Waals surface area contributed by atoms with Gasteiger partial charge in [-0.1, -0.05) is 19.8 Å². The molecule has 2 N–H and O–H groups in total. The fraction of sp³-hybridized carbons (Fsp3) is 0.889. The quantitative estimate of drug-likeness (QED) is 0.747. The topological polar surface area (TPSA) is 70.7 Å². The van der Waals surface area contributed by atoms with Crippen LogP contribution in [-0.2, 0) is 9.53 Å². The standard InChI is InChI=1S/C18H35N3O3/c1-7-8-11-18(5,19-6)13-20-15(22)14-10-9-12-21(14)16(23)24-17(2,3)4/h14,19H,7-13H2,1-6H3,(H,20,22)/t14-,18?/m0/s1. The van der Waals surface area contributed by atoms with Crippen molar-refractivity contribution < 1.29 is 14.3 Å². The van der Waals surface area contributed by atoms with Gasteiger partial charge in [-0.3, -0.25) is 9.69 Å². The minimum absolute atomic E-state index is 0.0867. The number of hydrogen-bond donors (Lipinski definition) is 2. The van der Waals surface area contributed by atoms with Crippen LogP contribution in [-0.4, -0.2) is 54.2 Å². The number of nitrogens with one attached hydrogen (secondary N) is 2. The van der Waals surface area contributed by atoms with E-state index >= 15 is 0 Å². The predicted octanol–water partition coefficient (Wildman–Crippen LogP) is 2.67. The number of likely N-dealkylation sites (N-methyl/N-ethyl adjacent to an activating group) is 1. The Morgan fingerprint density at radius 1 is 1.25 bits per heavy atom. The molecular weight excluding hydrogens is 306 g/mol. The van der Waals surface area contributed by atoms with Gasteiger partial charge in [0.25, 0.3) is 0 Å². The summed E-state index contributed by atoms with van der Waals surface area (Å²) in [7, 11) is 1.92. The van der Waals surface area contributed by atoms with Gasteiger partial charge >= 0.3 is 6.09 Å². The van der Waals surface area contributed by atoms with Crippen LogP contribution in [0.5, 0.6) is 0 Å². The first-order valence-corrected chi connectivity index (χ1v) is 9.08. The van der Waals surface area contributed by atoms with Crippen LogP contribution in [0.1, 0.15) is 66.7 Å². The lowest BCUT2D eigenvalue weighted by molar-refractivity contribution is -0.125. The second kappa shape index (κ2) is 8.70. The summed E-state index contributed by atoms with van der Waals surface area (Å²) >= 11 is 0. The monoisotopic (exact) mass is 341 g/mol. The average Bonchev–Trinajstić information content (AvgIpc) is 2.98. The largest absolute Gasteiger partial charge is 0.444 e. The fourth-order valence-corrected chi connectivity index (χ4v) is 2.85. The van der Waals surface area contributed by atoms with E-state index in [1.807, 2.05) is 27.8 Å². The molecule has 2 atom stereocenters. The molecule has 6 nitrogen and oxygen atoms in total. The van der Waals surface area contributed by atoms with Gasteiger partial charge in [-0.25, -0.2) is 4.79 Å². The number of amides is 2. The maximum atomic E-state index is 12.6. The molecule has 6 heteroatoms. The molecule has 1 saturated heterocycles. The maximum absolute atomic E-state index is 12.6. The minimum Gasteiger partial charge on any atom is -0.444 e. The Labute approximate surface area is 146 Å². The molecule has 0 aromatic heterocycles. The summed E-state index contributed by atoms with van der Waals surface area (Å²) in [6, 6.07) is -0.424. The van der Waals surface area contributed by atoms with Crippen LogP contribution < -0.4 is 10.6 Å². The summed E-state index contributed by atoms with van der Waals surface area (Å²) in [5.41, 5.74) is -0.674. The van der Waals surface area contributed by atoms with Gasteiger partial charge in [-0.15, -0.1) is 0 Å². The van der Waals surface area contributed by atoms with Gasteiger partial charge in [-0.2, -0.15) is 0 Å². The molecule has 1 heterocycles. The third-order valence-electron chi connectivity index (χ3n) is 4.52. The first-order chi connectivity index (χ1) is 11.1. The van der Waals surface area contributed by atoms with Crippen LogP contribution >= 0.6 is 0 Å². The van der Waals surface area contributed by atoms with Gasteiger partial charge < -0.3 is 15.4 Å². The van der Waals surface area contributed by atoms with Crippen molar-refractivity contribution in [3.05, 3.63) is 0 Å². The Morgan fingerprint density at radius 2 is 1.92 bits per heavy atom. The number of unbranched alkanes of at least 4 members (excludes halogenated alkanes) is 1. The average molecular weight is 341 g/mol. The van der Waals surface area contributed by atoms with E-state index in [1.165, 1.54) is 0 Å². The number of hydrogen-bond acceptors (Lipinski definition) is 4. The van der Waals surface area contributed by atoms with E-state index in [0.29, 0.717) is 19.5 Å². The van der Waals surface area contributed by atoms with E-state index < -0.39 is 17.7 Å². The molecule has 140 valence electrons. The highest BCUT2D eigenvalue weighted by molar-refractivity contribution is 5.86. The smallest absolute Gasteiger partial charge is 0.410 e. The van der Waals surface area contributed by atoms with Crippen LogP contribution in [0.15, 0.2) is 0 Å². The molecule has 1 rings (SSSR count). The predicted molar refractivity (Wildman–Crippen MR) is 96.0 cm³/mol. The Kier molecular flexibility index (Phi) is 7.52. The summed E-state index contributed by atoms with van der Waals surface area (Å²) in [4.78, 5) is 26.4. The van der Waals surface area contributed by atoms with Crippen LogP contribution in [0.4, 0.5) is 4.79 Å². The Morgan fingerprint density at radius 3 is 2.46 bits per heavy atom. The molecule has 1 aliphatic heterocycles. The van der Waals surface area contributed by atoms with Crippen molar-refractivity contribution in [2.24, 2.45) is 0 Å². The molecule has 1 fully saturated rings. The maximum Gasteiger partial charge on any atom is 0.410 e. The van der Waals surface area contributed by atoms with Crippen molar-refractivity contribution >= 4 is 12.0 Å². The Hall–Kier alpha value is -1.30. The number of likely N-dealkylation sites (tertiary alicyclic amines) is 1. The number of carbonyl (C=O) groups excluding carboxylic acids is 2. The van der Waals surface area contributed by atoms with Gasteiger partial charge in [0.15, 0.2) is 0 Å². The van der Waals surface area contributed by atoms with Crippen molar-refractivity contribution in [3.8, 4) is 0 Å². The zero-order valence-electron chi connectivity index (χ0n) is 16.2. The van der Waals surface area contributed by atoms with E-state index in [4.69, 9.17) is 4.74 Å². The molecule has 1 unspecified atom stereocenters.